The van der Waals surface area contributed by atoms with Crippen molar-refractivity contribution in [3.63, 3.8) is 0 Å². The van der Waals surface area contributed by atoms with Gasteiger partial charge in [0.25, 0.3) is 0 Å². The van der Waals surface area contributed by atoms with Crippen molar-refractivity contribution in [2.24, 2.45) is 5.73 Å². The molecule has 1 aromatic rings. The number of nitrogens with zero attached hydrogens (tertiary/aromatic N) is 2. The topological polar surface area (TPSA) is 45.6 Å². The highest BCUT2D eigenvalue weighted by molar-refractivity contribution is 5.06. The van der Waals surface area contributed by atoms with Gasteiger partial charge in [-0.2, -0.15) is 0 Å². The molecule has 18 heavy (non-hydrogen) atoms. The van der Waals surface area contributed by atoms with E-state index in [0.717, 1.165) is 31.2 Å². The van der Waals surface area contributed by atoms with Crippen LogP contribution in [-0.2, 0) is 13.1 Å². The van der Waals surface area contributed by atoms with Gasteiger partial charge in [0, 0.05) is 12.6 Å². The fourth-order valence-corrected chi connectivity index (χ4v) is 2.83. The van der Waals surface area contributed by atoms with Crippen LogP contribution in [0.15, 0.2) is 16.5 Å². The Balaban J connectivity index is 1.82. The number of likely N-dealkylation sites (tertiary alicyclic amines) is 1. The highest BCUT2D eigenvalue weighted by Gasteiger charge is 2.24. The lowest BCUT2D eigenvalue weighted by molar-refractivity contribution is 0.187. The summed E-state index contributed by atoms with van der Waals surface area (Å²) in [6.07, 6.45) is 2.66. The molecule has 1 aliphatic rings. The van der Waals surface area contributed by atoms with Crippen LogP contribution in [0.5, 0.6) is 0 Å². The number of rotatable bonds is 6. The summed E-state index contributed by atoms with van der Waals surface area (Å²) in [5.74, 6) is 1.88. The van der Waals surface area contributed by atoms with Gasteiger partial charge in [-0.25, -0.2) is 0 Å². The first-order chi connectivity index (χ1) is 8.72. The summed E-state index contributed by atoms with van der Waals surface area (Å²) in [6.45, 7) is 7.14. The van der Waals surface area contributed by atoms with Gasteiger partial charge in [-0.3, -0.25) is 9.80 Å². The van der Waals surface area contributed by atoms with E-state index in [4.69, 9.17) is 10.2 Å². The Hall–Kier alpha value is -0.840. The summed E-state index contributed by atoms with van der Waals surface area (Å²) >= 11 is 0. The monoisotopic (exact) mass is 251 g/mol. The molecule has 1 aromatic heterocycles. The van der Waals surface area contributed by atoms with E-state index >= 15 is 0 Å². The molecular weight excluding hydrogens is 226 g/mol. The third-order valence-corrected chi connectivity index (χ3v) is 3.77. The summed E-state index contributed by atoms with van der Waals surface area (Å²) in [6, 6.07) is 4.71. The second-order valence-corrected chi connectivity index (χ2v) is 5.19. The Labute approximate surface area is 110 Å². The first-order valence-corrected chi connectivity index (χ1v) is 6.93. The SMILES string of the molecule is CCN1CCCC1CN(C)Cc1ccc(CN)o1. The number of hydrogen-bond acceptors (Lipinski definition) is 4. The maximum absolute atomic E-state index is 5.64. The number of furan rings is 1. The van der Waals surface area contributed by atoms with Crippen LogP contribution >= 0.6 is 0 Å². The molecule has 0 radical (unpaired) electrons. The van der Waals surface area contributed by atoms with Gasteiger partial charge >= 0.3 is 0 Å². The van der Waals surface area contributed by atoms with Gasteiger partial charge in [-0.05, 0) is 45.1 Å². The maximum atomic E-state index is 5.64. The van der Waals surface area contributed by atoms with Gasteiger partial charge in [-0.15, -0.1) is 0 Å². The first kappa shape index (κ1) is 13.6. The summed E-state index contributed by atoms with van der Waals surface area (Å²) < 4.78 is 5.64. The third-order valence-electron chi connectivity index (χ3n) is 3.77. The lowest BCUT2D eigenvalue weighted by Crippen LogP contribution is -2.38. The number of likely N-dealkylation sites (N-methyl/N-ethyl adjacent to an activating group) is 2. The number of hydrogen-bond donors (Lipinski definition) is 1. The van der Waals surface area contributed by atoms with Crippen LogP contribution in [0.3, 0.4) is 0 Å². The van der Waals surface area contributed by atoms with E-state index in [-0.39, 0.29) is 0 Å². The van der Waals surface area contributed by atoms with Gasteiger partial charge in [0.05, 0.1) is 13.1 Å². The summed E-state index contributed by atoms with van der Waals surface area (Å²) in [5, 5.41) is 0. The minimum atomic E-state index is 0.482. The highest BCUT2D eigenvalue weighted by Crippen LogP contribution is 2.18. The molecule has 0 aromatic carbocycles. The molecule has 0 amide bonds. The zero-order valence-electron chi connectivity index (χ0n) is 11.6. The molecule has 1 aliphatic heterocycles. The Morgan fingerprint density at radius 1 is 1.44 bits per heavy atom. The van der Waals surface area contributed by atoms with Crippen molar-refractivity contribution in [2.45, 2.75) is 38.9 Å². The molecule has 0 aliphatic carbocycles. The fraction of sp³-hybridized carbons (Fsp3) is 0.714. The molecule has 1 saturated heterocycles. The predicted molar refractivity (Wildman–Crippen MR) is 73.2 cm³/mol. The van der Waals surface area contributed by atoms with Gasteiger partial charge in [0.15, 0.2) is 0 Å². The molecule has 1 atom stereocenters. The molecule has 2 heterocycles. The van der Waals surface area contributed by atoms with E-state index in [1.54, 1.807) is 0 Å². The zero-order chi connectivity index (χ0) is 13.0. The van der Waals surface area contributed by atoms with Gasteiger partial charge < -0.3 is 10.2 Å². The summed E-state index contributed by atoms with van der Waals surface area (Å²) in [7, 11) is 2.16. The molecule has 0 saturated carbocycles. The normalized spacial score (nSPS) is 21.0. The van der Waals surface area contributed by atoms with Crippen LogP contribution in [0, 0.1) is 0 Å². The van der Waals surface area contributed by atoms with Crippen LogP contribution in [0.25, 0.3) is 0 Å². The molecule has 4 heteroatoms. The minimum Gasteiger partial charge on any atom is -0.463 e. The van der Waals surface area contributed by atoms with Crippen LogP contribution in [0.1, 0.15) is 31.3 Å². The van der Waals surface area contributed by atoms with Crippen LogP contribution in [0.4, 0.5) is 0 Å². The van der Waals surface area contributed by atoms with Crippen molar-refractivity contribution < 1.29 is 4.42 Å². The van der Waals surface area contributed by atoms with Crippen molar-refractivity contribution in [1.82, 2.24) is 9.80 Å². The highest BCUT2D eigenvalue weighted by atomic mass is 16.3. The Kier molecular flexibility index (Phi) is 4.80. The Morgan fingerprint density at radius 2 is 2.22 bits per heavy atom. The van der Waals surface area contributed by atoms with Crippen molar-refractivity contribution in [3.05, 3.63) is 23.7 Å². The van der Waals surface area contributed by atoms with E-state index in [2.05, 4.69) is 23.8 Å². The number of nitrogens with two attached hydrogens (primary N) is 1. The van der Waals surface area contributed by atoms with Crippen LogP contribution in [0.2, 0.25) is 0 Å². The van der Waals surface area contributed by atoms with Gasteiger partial charge in [-0.1, -0.05) is 6.92 Å². The molecule has 0 spiro atoms. The third kappa shape index (κ3) is 3.34. The van der Waals surface area contributed by atoms with Crippen molar-refractivity contribution in [3.8, 4) is 0 Å². The van der Waals surface area contributed by atoms with Gasteiger partial charge in [0.1, 0.15) is 11.5 Å². The second-order valence-electron chi connectivity index (χ2n) is 5.19. The van der Waals surface area contributed by atoms with Crippen molar-refractivity contribution >= 4 is 0 Å². The second kappa shape index (κ2) is 6.36. The van der Waals surface area contributed by atoms with E-state index in [9.17, 15) is 0 Å². The lowest BCUT2D eigenvalue weighted by atomic mass is 10.2. The molecular formula is C14H25N3O. The molecule has 1 fully saturated rings. The van der Waals surface area contributed by atoms with Crippen LogP contribution in [-0.4, -0.2) is 42.5 Å². The average molecular weight is 251 g/mol. The van der Waals surface area contributed by atoms with Crippen molar-refractivity contribution in [1.29, 1.82) is 0 Å². The van der Waals surface area contributed by atoms with Gasteiger partial charge in [0.2, 0.25) is 0 Å². The van der Waals surface area contributed by atoms with E-state index in [1.165, 1.54) is 19.4 Å². The molecule has 2 rings (SSSR count). The quantitative estimate of drug-likeness (QED) is 0.835. The summed E-state index contributed by atoms with van der Waals surface area (Å²) in [5.41, 5.74) is 5.55. The smallest absolute Gasteiger partial charge is 0.118 e. The first-order valence-electron chi connectivity index (χ1n) is 6.93. The summed E-state index contributed by atoms with van der Waals surface area (Å²) in [4.78, 5) is 4.92. The maximum Gasteiger partial charge on any atom is 0.118 e. The van der Waals surface area contributed by atoms with E-state index < -0.39 is 0 Å². The zero-order valence-corrected chi connectivity index (χ0v) is 11.6. The Morgan fingerprint density at radius 3 is 2.89 bits per heavy atom. The largest absolute Gasteiger partial charge is 0.463 e. The lowest BCUT2D eigenvalue weighted by Gasteiger charge is -2.27. The molecule has 4 nitrogen and oxygen atoms in total. The average Bonchev–Trinajstić information content (AvgIpc) is 2.97. The molecule has 2 N–H and O–H groups in total. The Bertz CT molecular complexity index is 364. The molecule has 102 valence electrons. The van der Waals surface area contributed by atoms with Crippen LogP contribution < -0.4 is 5.73 Å². The van der Waals surface area contributed by atoms with E-state index in [1.807, 2.05) is 12.1 Å². The molecule has 0 bridgehead atoms. The molecule has 1 unspecified atom stereocenters. The van der Waals surface area contributed by atoms with E-state index in [0.29, 0.717) is 12.6 Å². The fourth-order valence-electron chi connectivity index (χ4n) is 2.83. The predicted octanol–water partition coefficient (Wildman–Crippen LogP) is 1.65. The van der Waals surface area contributed by atoms with Crippen molar-refractivity contribution in [2.75, 3.05) is 26.7 Å². The standard InChI is InChI=1S/C14H25N3O/c1-3-17-8-4-5-12(17)10-16(2)11-14-7-6-13(9-15)18-14/h6-7,12H,3-5,8-11,15H2,1-2H3. The minimum absolute atomic E-state index is 0.482.